The zero-order valence-corrected chi connectivity index (χ0v) is 9.17. The van der Waals surface area contributed by atoms with Gasteiger partial charge in [0.2, 0.25) is 0 Å². The minimum atomic E-state index is -1.01. The number of rotatable bonds is 3. The molecule has 0 radical (unpaired) electrons. The minimum absolute atomic E-state index is 0.145. The van der Waals surface area contributed by atoms with E-state index in [1.54, 1.807) is 19.1 Å². The highest BCUT2D eigenvalue weighted by Crippen LogP contribution is 2.18. The van der Waals surface area contributed by atoms with Gasteiger partial charge in [-0.15, -0.1) is 0 Å². The molecule has 4 heteroatoms. The summed E-state index contributed by atoms with van der Waals surface area (Å²) >= 11 is 3.13. The van der Waals surface area contributed by atoms with Gasteiger partial charge in [0, 0.05) is 0 Å². The first-order valence-electron chi connectivity index (χ1n) is 3.87. The third-order valence-electron chi connectivity index (χ3n) is 1.57. The van der Waals surface area contributed by atoms with Gasteiger partial charge in [-0.05, 0) is 46.6 Å². The average Bonchev–Trinajstić information content (AvgIpc) is 2.46. The molecule has 1 aromatic rings. The van der Waals surface area contributed by atoms with Gasteiger partial charge in [-0.3, -0.25) is 0 Å². The minimum Gasteiger partial charge on any atom is -0.478 e. The lowest BCUT2D eigenvalue weighted by atomic mass is 10.1. The standard InChI is InChI=1S/C10H9BrO3/c1-6(2)8(10(12)13)5-7-3-4-9(11)14-7/h3-5H,1H2,2H3,(H,12,13). The normalized spacial score (nSPS) is 11.4. The summed E-state index contributed by atoms with van der Waals surface area (Å²) in [5.41, 5.74) is 0.636. The van der Waals surface area contributed by atoms with Crippen molar-refractivity contribution in [2.45, 2.75) is 6.92 Å². The third-order valence-corrected chi connectivity index (χ3v) is 2.00. The molecule has 0 atom stereocenters. The molecule has 0 saturated carbocycles. The molecule has 0 fully saturated rings. The fourth-order valence-corrected chi connectivity index (χ4v) is 1.23. The van der Waals surface area contributed by atoms with Crippen molar-refractivity contribution < 1.29 is 14.3 Å². The maximum absolute atomic E-state index is 10.8. The van der Waals surface area contributed by atoms with Crippen LogP contribution in [-0.2, 0) is 4.79 Å². The van der Waals surface area contributed by atoms with Crippen LogP contribution in [0.5, 0.6) is 0 Å². The van der Waals surface area contributed by atoms with Gasteiger partial charge in [0.1, 0.15) is 5.76 Å². The summed E-state index contributed by atoms with van der Waals surface area (Å²) in [4.78, 5) is 10.8. The number of aliphatic carboxylic acids is 1. The van der Waals surface area contributed by atoms with Gasteiger partial charge in [-0.1, -0.05) is 6.58 Å². The highest BCUT2D eigenvalue weighted by atomic mass is 79.9. The second-order valence-corrected chi connectivity index (χ2v) is 3.57. The highest BCUT2D eigenvalue weighted by Gasteiger charge is 2.09. The molecule has 0 spiro atoms. The quantitative estimate of drug-likeness (QED) is 0.668. The Bertz CT molecular complexity index is 385. The van der Waals surface area contributed by atoms with Gasteiger partial charge in [0.15, 0.2) is 4.67 Å². The Morgan fingerprint density at radius 1 is 1.64 bits per heavy atom. The molecule has 1 heterocycles. The average molecular weight is 257 g/mol. The van der Waals surface area contributed by atoms with Crippen molar-refractivity contribution in [3.63, 3.8) is 0 Å². The van der Waals surface area contributed by atoms with Crippen molar-refractivity contribution in [1.29, 1.82) is 0 Å². The molecule has 3 nitrogen and oxygen atoms in total. The van der Waals surface area contributed by atoms with Crippen LogP contribution in [0.2, 0.25) is 0 Å². The largest absolute Gasteiger partial charge is 0.478 e. The van der Waals surface area contributed by atoms with E-state index in [0.29, 0.717) is 16.0 Å². The number of carboxylic acids is 1. The molecule has 1 N–H and O–H groups in total. The number of halogens is 1. The molecule has 0 aromatic carbocycles. The molecular formula is C10H9BrO3. The Morgan fingerprint density at radius 3 is 2.64 bits per heavy atom. The molecule has 74 valence electrons. The Kier molecular flexibility index (Phi) is 3.30. The molecule has 1 rings (SSSR count). The summed E-state index contributed by atoms with van der Waals surface area (Å²) in [5.74, 6) is -0.526. The van der Waals surface area contributed by atoms with Crippen LogP contribution >= 0.6 is 15.9 Å². The first kappa shape index (κ1) is 10.8. The van der Waals surface area contributed by atoms with Gasteiger partial charge in [-0.25, -0.2) is 4.79 Å². The van der Waals surface area contributed by atoms with E-state index >= 15 is 0 Å². The van der Waals surface area contributed by atoms with Crippen LogP contribution in [-0.4, -0.2) is 11.1 Å². The lowest BCUT2D eigenvalue weighted by molar-refractivity contribution is -0.132. The maximum Gasteiger partial charge on any atom is 0.336 e. The summed E-state index contributed by atoms with van der Waals surface area (Å²) in [5, 5.41) is 8.83. The summed E-state index contributed by atoms with van der Waals surface area (Å²) in [6.07, 6.45) is 1.44. The second-order valence-electron chi connectivity index (χ2n) is 2.79. The lowest BCUT2D eigenvalue weighted by Crippen LogP contribution is -2.00. The monoisotopic (exact) mass is 256 g/mol. The first-order valence-corrected chi connectivity index (χ1v) is 4.66. The number of furan rings is 1. The van der Waals surface area contributed by atoms with E-state index in [4.69, 9.17) is 9.52 Å². The lowest BCUT2D eigenvalue weighted by Gasteiger charge is -1.98. The Labute approximate surface area is 89.9 Å². The van der Waals surface area contributed by atoms with Crippen molar-refractivity contribution in [3.05, 3.63) is 40.3 Å². The van der Waals surface area contributed by atoms with Crippen molar-refractivity contribution >= 4 is 28.0 Å². The Morgan fingerprint density at radius 2 is 2.29 bits per heavy atom. The van der Waals surface area contributed by atoms with Gasteiger partial charge in [0.25, 0.3) is 0 Å². The molecule has 14 heavy (non-hydrogen) atoms. The summed E-state index contributed by atoms with van der Waals surface area (Å²) < 4.78 is 5.72. The highest BCUT2D eigenvalue weighted by molar-refractivity contribution is 9.10. The SMILES string of the molecule is C=C(C)C(=Cc1ccc(Br)o1)C(=O)O. The van der Waals surface area contributed by atoms with Crippen LogP contribution in [0.25, 0.3) is 6.08 Å². The van der Waals surface area contributed by atoms with Crippen LogP contribution in [0.3, 0.4) is 0 Å². The number of hydrogen-bond acceptors (Lipinski definition) is 2. The molecule has 0 unspecified atom stereocenters. The van der Waals surface area contributed by atoms with Crippen LogP contribution in [0.1, 0.15) is 12.7 Å². The van der Waals surface area contributed by atoms with E-state index < -0.39 is 5.97 Å². The molecule has 0 aliphatic rings. The van der Waals surface area contributed by atoms with Crippen LogP contribution in [0, 0.1) is 0 Å². The van der Waals surface area contributed by atoms with E-state index in [1.165, 1.54) is 6.08 Å². The molecule has 0 amide bonds. The number of carbonyl (C=O) groups is 1. The zero-order chi connectivity index (χ0) is 10.7. The summed E-state index contributed by atoms with van der Waals surface area (Å²) in [6.45, 7) is 5.21. The molecule has 0 aliphatic heterocycles. The third kappa shape index (κ3) is 2.60. The van der Waals surface area contributed by atoms with E-state index in [2.05, 4.69) is 22.5 Å². The smallest absolute Gasteiger partial charge is 0.336 e. The van der Waals surface area contributed by atoms with Gasteiger partial charge in [-0.2, -0.15) is 0 Å². The predicted molar refractivity (Wildman–Crippen MR) is 56.8 cm³/mol. The second kappa shape index (κ2) is 4.28. The van der Waals surface area contributed by atoms with E-state index in [9.17, 15) is 4.79 Å². The molecule has 0 bridgehead atoms. The zero-order valence-electron chi connectivity index (χ0n) is 7.58. The molecule has 0 saturated heterocycles. The van der Waals surface area contributed by atoms with Gasteiger partial charge >= 0.3 is 5.97 Å². The number of carboxylic acid groups (broad SMARTS) is 1. The maximum atomic E-state index is 10.8. The van der Waals surface area contributed by atoms with E-state index in [0.717, 1.165) is 0 Å². The van der Waals surface area contributed by atoms with Crippen molar-refractivity contribution in [2.75, 3.05) is 0 Å². The van der Waals surface area contributed by atoms with Crippen LogP contribution in [0.4, 0.5) is 0 Å². The van der Waals surface area contributed by atoms with Gasteiger partial charge in [0.05, 0.1) is 5.57 Å². The van der Waals surface area contributed by atoms with Crippen molar-refractivity contribution in [2.24, 2.45) is 0 Å². The Hall–Kier alpha value is -1.29. The predicted octanol–water partition coefficient (Wildman–Crippen LogP) is 3.09. The summed E-state index contributed by atoms with van der Waals surface area (Å²) in [6, 6.07) is 3.37. The van der Waals surface area contributed by atoms with Crippen LogP contribution < -0.4 is 0 Å². The first-order chi connectivity index (χ1) is 6.50. The fourth-order valence-electron chi connectivity index (χ4n) is 0.916. The van der Waals surface area contributed by atoms with Gasteiger partial charge < -0.3 is 9.52 Å². The topological polar surface area (TPSA) is 50.4 Å². The van der Waals surface area contributed by atoms with Crippen molar-refractivity contribution in [3.8, 4) is 0 Å². The van der Waals surface area contributed by atoms with E-state index in [-0.39, 0.29) is 5.57 Å². The molecule has 1 aromatic heterocycles. The van der Waals surface area contributed by atoms with E-state index in [1.807, 2.05) is 0 Å². The fraction of sp³-hybridized carbons (Fsp3) is 0.100. The van der Waals surface area contributed by atoms with Crippen LogP contribution in [0.15, 0.2) is 38.9 Å². The molecule has 0 aliphatic carbocycles. The van der Waals surface area contributed by atoms with Crippen molar-refractivity contribution in [1.82, 2.24) is 0 Å². The molecular weight excluding hydrogens is 248 g/mol. The Balaban J connectivity index is 3.05. The number of hydrogen-bond donors (Lipinski definition) is 1. The summed E-state index contributed by atoms with van der Waals surface area (Å²) in [7, 11) is 0.